The standard InChI is InChI=1S/C14H19ClO5/c1-10(7-18-2)19-8-13(17)9-20-14-4-3-12(15)5-11(14)6-16/h3-6,10,13,17H,7-9H2,1-2H3. The van der Waals surface area contributed by atoms with Crippen molar-refractivity contribution in [3.8, 4) is 5.75 Å². The van der Waals surface area contributed by atoms with E-state index in [9.17, 15) is 9.90 Å². The Balaban J connectivity index is 2.41. The predicted octanol–water partition coefficient (Wildman–Crippen LogP) is 1.94. The van der Waals surface area contributed by atoms with E-state index in [1.807, 2.05) is 6.92 Å². The van der Waals surface area contributed by atoms with Gasteiger partial charge in [-0.15, -0.1) is 0 Å². The Morgan fingerprint density at radius 2 is 2.10 bits per heavy atom. The Morgan fingerprint density at radius 1 is 1.35 bits per heavy atom. The monoisotopic (exact) mass is 302 g/mol. The first-order valence-corrected chi connectivity index (χ1v) is 6.60. The molecule has 0 aromatic heterocycles. The Bertz CT molecular complexity index is 424. The molecule has 0 bridgehead atoms. The summed E-state index contributed by atoms with van der Waals surface area (Å²) >= 11 is 5.78. The summed E-state index contributed by atoms with van der Waals surface area (Å²) in [5.74, 6) is 0.383. The summed E-state index contributed by atoms with van der Waals surface area (Å²) in [5, 5.41) is 10.2. The van der Waals surface area contributed by atoms with Crippen molar-refractivity contribution in [2.45, 2.75) is 19.1 Å². The van der Waals surface area contributed by atoms with Crippen LogP contribution in [0.25, 0.3) is 0 Å². The summed E-state index contributed by atoms with van der Waals surface area (Å²) in [4.78, 5) is 10.9. The average molecular weight is 303 g/mol. The molecule has 1 rings (SSSR count). The zero-order valence-corrected chi connectivity index (χ0v) is 12.3. The van der Waals surface area contributed by atoms with Crippen molar-refractivity contribution in [3.63, 3.8) is 0 Å². The molecule has 0 fully saturated rings. The number of hydrogen-bond acceptors (Lipinski definition) is 5. The zero-order valence-electron chi connectivity index (χ0n) is 11.5. The molecular weight excluding hydrogens is 284 g/mol. The number of rotatable bonds is 9. The predicted molar refractivity (Wildman–Crippen MR) is 75.6 cm³/mol. The van der Waals surface area contributed by atoms with E-state index in [-0.39, 0.29) is 19.3 Å². The van der Waals surface area contributed by atoms with E-state index in [1.54, 1.807) is 19.2 Å². The molecule has 0 heterocycles. The molecular formula is C14H19ClO5. The van der Waals surface area contributed by atoms with Gasteiger partial charge in [0.05, 0.1) is 24.9 Å². The van der Waals surface area contributed by atoms with Crippen LogP contribution in [-0.2, 0) is 9.47 Å². The molecule has 0 aliphatic heterocycles. The van der Waals surface area contributed by atoms with Crippen LogP contribution in [0.2, 0.25) is 5.02 Å². The summed E-state index contributed by atoms with van der Waals surface area (Å²) in [6.45, 7) is 2.47. The maximum atomic E-state index is 10.9. The normalized spacial score (nSPS) is 13.8. The van der Waals surface area contributed by atoms with Gasteiger partial charge in [-0.3, -0.25) is 4.79 Å². The van der Waals surface area contributed by atoms with Crippen molar-refractivity contribution >= 4 is 17.9 Å². The van der Waals surface area contributed by atoms with E-state index in [2.05, 4.69) is 0 Å². The maximum absolute atomic E-state index is 10.9. The number of methoxy groups -OCH3 is 1. The van der Waals surface area contributed by atoms with Gasteiger partial charge in [0.25, 0.3) is 0 Å². The largest absolute Gasteiger partial charge is 0.490 e. The number of halogens is 1. The molecule has 0 radical (unpaired) electrons. The van der Waals surface area contributed by atoms with Gasteiger partial charge in [-0.2, -0.15) is 0 Å². The minimum Gasteiger partial charge on any atom is -0.490 e. The summed E-state index contributed by atoms with van der Waals surface area (Å²) in [6.07, 6.45) is -0.231. The highest BCUT2D eigenvalue weighted by atomic mass is 35.5. The van der Waals surface area contributed by atoms with Gasteiger partial charge in [0, 0.05) is 12.1 Å². The molecule has 20 heavy (non-hydrogen) atoms. The summed E-state index contributed by atoms with van der Waals surface area (Å²) in [7, 11) is 1.58. The number of carbonyl (C=O) groups excluding carboxylic acids is 1. The van der Waals surface area contributed by atoms with Crippen LogP contribution in [0.15, 0.2) is 18.2 Å². The summed E-state index contributed by atoms with van der Waals surface area (Å²) in [6, 6.07) is 4.72. The lowest BCUT2D eigenvalue weighted by molar-refractivity contribution is -0.0423. The van der Waals surface area contributed by atoms with Crippen LogP contribution in [0.3, 0.4) is 0 Å². The van der Waals surface area contributed by atoms with Gasteiger partial charge in [-0.1, -0.05) is 11.6 Å². The van der Waals surface area contributed by atoms with Gasteiger partial charge in [0.1, 0.15) is 18.5 Å². The van der Waals surface area contributed by atoms with Crippen molar-refractivity contribution in [1.82, 2.24) is 0 Å². The molecule has 112 valence electrons. The van der Waals surface area contributed by atoms with Crippen LogP contribution in [0, 0.1) is 0 Å². The maximum Gasteiger partial charge on any atom is 0.153 e. The third kappa shape index (κ3) is 5.88. The van der Waals surface area contributed by atoms with E-state index in [1.165, 1.54) is 6.07 Å². The quantitative estimate of drug-likeness (QED) is 0.706. The molecule has 0 spiro atoms. The van der Waals surface area contributed by atoms with Crippen LogP contribution in [0.4, 0.5) is 0 Å². The highest BCUT2D eigenvalue weighted by Crippen LogP contribution is 2.21. The number of carbonyl (C=O) groups is 1. The number of aldehydes is 1. The van der Waals surface area contributed by atoms with Gasteiger partial charge in [-0.25, -0.2) is 0 Å². The van der Waals surface area contributed by atoms with Crippen LogP contribution in [0.1, 0.15) is 17.3 Å². The SMILES string of the molecule is COCC(C)OCC(O)COc1ccc(Cl)cc1C=O. The van der Waals surface area contributed by atoms with Crippen molar-refractivity contribution in [2.75, 3.05) is 26.9 Å². The second-order valence-corrected chi connectivity index (χ2v) is 4.80. The molecule has 2 atom stereocenters. The van der Waals surface area contributed by atoms with E-state index >= 15 is 0 Å². The second-order valence-electron chi connectivity index (χ2n) is 4.36. The smallest absolute Gasteiger partial charge is 0.153 e. The zero-order chi connectivity index (χ0) is 15.0. The fraction of sp³-hybridized carbons (Fsp3) is 0.500. The molecule has 1 aromatic rings. The molecule has 6 heteroatoms. The highest BCUT2D eigenvalue weighted by molar-refractivity contribution is 6.30. The van der Waals surface area contributed by atoms with Gasteiger partial charge >= 0.3 is 0 Å². The third-order valence-corrected chi connectivity index (χ3v) is 2.74. The Kier molecular flexibility index (Phi) is 7.54. The number of hydrogen-bond donors (Lipinski definition) is 1. The molecule has 0 saturated heterocycles. The third-order valence-electron chi connectivity index (χ3n) is 2.50. The minimum atomic E-state index is -0.788. The lowest BCUT2D eigenvalue weighted by atomic mass is 10.2. The second kappa shape index (κ2) is 8.92. The first kappa shape index (κ1) is 16.9. The molecule has 0 aliphatic carbocycles. The van der Waals surface area contributed by atoms with E-state index < -0.39 is 6.10 Å². The molecule has 5 nitrogen and oxygen atoms in total. The number of benzene rings is 1. The first-order chi connectivity index (χ1) is 9.56. The Hall–Kier alpha value is -1.14. The van der Waals surface area contributed by atoms with E-state index in [4.69, 9.17) is 25.8 Å². The molecule has 2 unspecified atom stereocenters. The molecule has 0 aliphatic rings. The van der Waals surface area contributed by atoms with Crippen molar-refractivity contribution < 1.29 is 24.1 Å². The molecule has 1 aromatic carbocycles. The number of aliphatic hydroxyl groups is 1. The number of ether oxygens (including phenoxy) is 3. The number of aliphatic hydroxyl groups excluding tert-OH is 1. The van der Waals surface area contributed by atoms with Crippen LogP contribution >= 0.6 is 11.6 Å². The van der Waals surface area contributed by atoms with E-state index in [0.29, 0.717) is 29.2 Å². The van der Waals surface area contributed by atoms with Crippen LogP contribution in [-0.4, -0.2) is 50.5 Å². The van der Waals surface area contributed by atoms with Crippen molar-refractivity contribution in [1.29, 1.82) is 0 Å². The Labute approximate surface area is 123 Å². The van der Waals surface area contributed by atoms with Gasteiger partial charge in [0.15, 0.2) is 6.29 Å². The summed E-state index contributed by atoms with van der Waals surface area (Å²) < 4.78 is 15.7. The fourth-order valence-corrected chi connectivity index (χ4v) is 1.72. The van der Waals surface area contributed by atoms with Gasteiger partial charge < -0.3 is 19.3 Å². The molecule has 0 saturated carbocycles. The van der Waals surface area contributed by atoms with Crippen LogP contribution < -0.4 is 4.74 Å². The topological polar surface area (TPSA) is 65.0 Å². The van der Waals surface area contributed by atoms with Crippen LogP contribution in [0.5, 0.6) is 5.75 Å². The van der Waals surface area contributed by atoms with Crippen molar-refractivity contribution in [3.05, 3.63) is 28.8 Å². The minimum absolute atomic E-state index is 0.0299. The van der Waals surface area contributed by atoms with E-state index in [0.717, 1.165) is 0 Å². The fourth-order valence-electron chi connectivity index (χ4n) is 1.54. The molecule has 1 N–H and O–H groups in total. The van der Waals surface area contributed by atoms with Gasteiger partial charge in [-0.05, 0) is 25.1 Å². The highest BCUT2D eigenvalue weighted by Gasteiger charge is 2.11. The summed E-state index contributed by atoms with van der Waals surface area (Å²) in [5.41, 5.74) is 0.346. The lowest BCUT2D eigenvalue weighted by Crippen LogP contribution is -2.27. The first-order valence-electron chi connectivity index (χ1n) is 6.23. The van der Waals surface area contributed by atoms with Gasteiger partial charge in [0.2, 0.25) is 0 Å². The lowest BCUT2D eigenvalue weighted by Gasteiger charge is -2.17. The average Bonchev–Trinajstić information content (AvgIpc) is 2.44. The van der Waals surface area contributed by atoms with Crippen molar-refractivity contribution in [2.24, 2.45) is 0 Å². The molecule has 0 amide bonds. The Morgan fingerprint density at radius 3 is 2.75 bits per heavy atom.